The summed E-state index contributed by atoms with van der Waals surface area (Å²) < 4.78 is 0. The van der Waals surface area contributed by atoms with Crippen molar-refractivity contribution in [2.45, 2.75) is 12.6 Å². The Bertz CT molecular complexity index is 819. The molecule has 1 aliphatic rings. The smallest absolute Gasteiger partial charge is 0.168 e. The summed E-state index contributed by atoms with van der Waals surface area (Å²) in [6, 6.07) is 27.7. The second-order valence-electron chi connectivity index (χ2n) is 5.84. The van der Waals surface area contributed by atoms with Crippen LogP contribution in [0.2, 0.25) is 0 Å². The molecule has 113 valence electrons. The molecule has 1 unspecified atom stereocenters. The molecule has 3 nitrogen and oxygen atoms in total. The molecule has 0 amide bonds. The number of hydrogen-bond acceptors (Lipinski definition) is 2. The van der Waals surface area contributed by atoms with Gasteiger partial charge in [0.15, 0.2) is 5.66 Å². The molecule has 23 heavy (non-hydrogen) atoms. The van der Waals surface area contributed by atoms with Crippen LogP contribution in [0.1, 0.15) is 12.5 Å². The van der Waals surface area contributed by atoms with Crippen molar-refractivity contribution in [1.82, 2.24) is 0 Å². The van der Waals surface area contributed by atoms with E-state index in [4.69, 9.17) is 0 Å². The van der Waals surface area contributed by atoms with Crippen LogP contribution in [0.15, 0.2) is 84.9 Å². The predicted octanol–water partition coefficient (Wildman–Crippen LogP) is 4.86. The highest BCUT2D eigenvalue weighted by Gasteiger charge is 2.48. The van der Waals surface area contributed by atoms with Crippen molar-refractivity contribution in [3.8, 4) is 0 Å². The van der Waals surface area contributed by atoms with Crippen molar-refractivity contribution < 1.29 is 5.21 Å². The molecule has 3 aromatic carbocycles. The van der Waals surface area contributed by atoms with Crippen molar-refractivity contribution in [2.24, 2.45) is 0 Å². The standard InChI is InChI=1S/C20H17N2O/c1-20(16-10-4-2-5-11-16)21(17-12-6-3-7-13-17)18-14-8-9-15-19(18)22(20)23/h2-15H,1H3. The molecule has 0 N–H and O–H groups in total. The van der Waals surface area contributed by atoms with Gasteiger partial charge in [-0.15, -0.1) is 0 Å². The normalized spacial score (nSPS) is 19.7. The Morgan fingerprint density at radius 2 is 1.22 bits per heavy atom. The highest BCUT2D eigenvalue weighted by atomic mass is 16.5. The molecule has 4 rings (SSSR count). The van der Waals surface area contributed by atoms with E-state index in [2.05, 4.69) is 4.90 Å². The molecule has 0 aliphatic carbocycles. The van der Waals surface area contributed by atoms with Gasteiger partial charge < -0.3 is 4.90 Å². The number of nitrogens with zero attached hydrogens (tertiary/aromatic N) is 2. The Morgan fingerprint density at radius 1 is 0.696 bits per heavy atom. The lowest BCUT2D eigenvalue weighted by Gasteiger charge is -2.39. The molecule has 1 aliphatic heterocycles. The summed E-state index contributed by atoms with van der Waals surface area (Å²) in [6.07, 6.45) is 0. The van der Waals surface area contributed by atoms with Crippen LogP contribution in [-0.4, -0.2) is 0 Å². The molecule has 0 spiro atoms. The molecule has 3 heteroatoms. The second-order valence-corrected chi connectivity index (χ2v) is 5.84. The van der Waals surface area contributed by atoms with Gasteiger partial charge in [0.05, 0.1) is 11.4 Å². The number of fused-ring (bicyclic) bond motifs is 1. The maximum absolute atomic E-state index is 13.2. The van der Waals surface area contributed by atoms with E-state index < -0.39 is 5.66 Å². The van der Waals surface area contributed by atoms with Crippen LogP contribution in [-0.2, 0) is 10.9 Å². The first-order valence-electron chi connectivity index (χ1n) is 7.70. The molecule has 0 fully saturated rings. The van der Waals surface area contributed by atoms with Crippen LogP contribution < -0.4 is 9.96 Å². The Kier molecular flexibility index (Phi) is 3.10. The number of hydrogen-bond donors (Lipinski definition) is 0. The lowest BCUT2D eigenvalue weighted by Crippen LogP contribution is -2.48. The summed E-state index contributed by atoms with van der Waals surface area (Å²) in [5, 5.41) is 14.3. The average molecular weight is 301 g/mol. The zero-order valence-electron chi connectivity index (χ0n) is 12.9. The minimum absolute atomic E-state index is 0.697. The van der Waals surface area contributed by atoms with Crippen LogP contribution in [0, 0.1) is 0 Å². The van der Waals surface area contributed by atoms with E-state index in [-0.39, 0.29) is 0 Å². The van der Waals surface area contributed by atoms with Gasteiger partial charge in [-0.25, -0.2) is 0 Å². The van der Waals surface area contributed by atoms with E-state index in [0.29, 0.717) is 5.69 Å². The van der Waals surface area contributed by atoms with Crippen molar-refractivity contribution in [1.29, 1.82) is 0 Å². The predicted molar refractivity (Wildman–Crippen MR) is 92.0 cm³/mol. The molecule has 0 saturated heterocycles. The first-order valence-corrected chi connectivity index (χ1v) is 7.70. The van der Waals surface area contributed by atoms with Crippen molar-refractivity contribution in [3.05, 3.63) is 90.5 Å². The third kappa shape index (κ3) is 1.94. The summed E-state index contributed by atoms with van der Waals surface area (Å²) >= 11 is 0. The number of benzene rings is 3. The molecule has 1 atom stereocenters. The largest absolute Gasteiger partial charge is 0.310 e. The number of para-hydroxylation sites is 3. The van der Waals surface area contributed by atoms with Crippen LogP contribution in [0.3, 0.4) is 0 Å². The molecule has 1 heterocycles. The van der Waals surface area contributed by atoms with Gasteiger partial charge in [-0.2, -0.15) is 5.06 Å². The Balaban J connectivity index is 1.98. The monoisotopic (exact) mass is 301 g/mol. The molecule has 1 radical (unpaired) electrons. The third-order valence-corrected chi connectivity index (χ3v) is 4.51. The maximum atomic E-state index is 13.2. The fourth-order valence-electron chi connectivity index (χ4n) is 3.35. The topological polar surface area (TPSA) is 26.4 Å². The Labute approximate surface area is 136 Å². The molecule has 0 aromatic heterocycles. The van der Waals surface area contributed by atoms with Gasteiger partial charge in [0.2, 0.25) is 0 Å². The van der Waals surface area contributed by atoms with Crippen molar-refractivity contribution in [2.75, 3.05) is 9.96 Å². The molecular formula is C20H17N2O. The number of anilines is 3. The zero-order valence-corrected chi connectivity index (χ0v) is 12.9. The minimum Gasteiger partial charge on any atom is -0.310 e. The Hall–Kier alpha value is -2.78. The zero-order chi connectivity index (χ0) is 15.9. The fraction of sp³-hybridized carbons (Fsp3) is 0.100. The Morgan fingerprint density at radius 3 is 1.87 bits per heavy atom. The highest BCUT2D eigenvalue weighted by Crippen LogP contribution is 2.52. The second kappa shape index (κ2) is 5.14. The van der Waals surface area contributed by atoms with Gasteiger partial charge in [-0.1, -0.05) is 65.9 Å². The van der Waals surface area contributed by atoms with E-state index in [1.165, 1.54) is 0 Å². The lowest BCUT2D eigenvalue weighted by molar-refractivity contribution is 0.0969. The van der Waals surface area contributed by atoms with Gasteiger partial charge >= 0.3 is 0 Å². The van der Waals surface area contributed by atoms with E-state index in [1.54, 1.807) is 0 Å². The SMILES string of the molecule is CC1(c2ccccc2)N([O])c2ccccc2N1c1ccccc1. The molecular weight excluding hydrogens is 284 g/mol. The summed E-state index contributed by atoms with van der Waals surface area (Å²) in [4.78, 5) is 2.12. The van der Waals surface area contributed by atoms with E-state index in [1.807, 2.05) is 91.9 Å². The lowest BCUT2D eigenvalue weighted by atomic mass is 9.99. The summed E-state index contributed by atoms with van der Waals surface area (Å²) in [5.74, 6) is 0. The van der Waals surface area contributed by atoms with Crippen LogP contribution >= 0.6 is 0 Å². The first kappa shape index (κ1) is 13.9. The molecule has 0 saturated carbocycles. The van der Waals surface area contributed by atoms with Gasteiger partial charge in [0.25, 0.3) is 0 Å². The molecule has 3 aromatic rings. The van der Waals surface area contributed by atoms with Crippen molar-refractivity contribution in [3.63, 3.8) is 0 Å². The number of hydroxylamine groups is 1. The van der Waals surface area contributed by atoms with E-state index >= 15 is 0 Å². The average Bonchev–Trinajstić information content (AvgIpc) is 2.86. The van der Waals surface area contributed by atoms with Gasteiger partial charge in [-0.3, -0.25) is 0 Å². The van der Waals surface area contributed by atoms with Crippen LogP contribution in [0.4, 0.5) is 17.1 Å². The van der Waals surface area contributed by atoms with Gasteiger partial charge in [0.1, 0.15) is 0 Å². The van der Waals surface area contributed by atoms with Gasteiger partial charge in [0, 0.05) is 11.3 Å². The highest BCUT2D eigenvalue weighted by molar-refractivity contribution is 5.84. The van der Waals surface area contributed by atoms with E-state index in [0.717, 1.165) is 22.0 Å². The summed E-state index contributed by atoms with van der Waals surface area (Å²) in [5.41, 5.74) is 2.79. The van der Waals surface area contributed by atoms with Crippen LogP contribution in [0.5, 0.6) is 0 Å². The van der Waals surface area contributed by atoms with Crippen LogP contribution in [0.25, 0.3) is 0 Å². The van der Waals surface area contributed by atoms with Gasteiger partial charge in [-0.05, 0) is 31.2 Å². The molecule has 0 bridgehead atoms. The number of rotatable bonds is 2. The summed E-state index contributed by atoms with van der Waals surface area (Å²) in [6.45, 7) is 1.97. The maximum Gasteiger partial charge on any atom is 0.168 e. The minimum atomic E-state index is -0.813. The third-order valence-electron chi connectivity index (χ3n) is 4.51. The quantitative estimate of drug-likeness (QED) is 0.675. The van der Waals surface area contributed by atoms with Crippen molar-refractivity contribution >= 4 is 17.1 Å². The summed E-state index contributed by atoms with van der Waals surface area (Å²) in [7, 11) is 0. The fourth-order valence-corrected chi connectivity index (χ4v) is 3.35. The van der Waals surface area contributed by atoms with E-state index in [9.17, 15) is 5.21 Å². The first-order chi connectivity index (χ1) is 11.2.